The normalized spacial score (nSPS) is 14.1. The van der Waals surface area contributed by atoms with Gasteiger partial charge in [-0.05, 0) is 25.7 Å². The zero-order valence-electron chi connectivity index (χ0n) is 11.3. The van der Waals surface area contributed by atoms with Crippen LogP contribution in [0.2, 0.25) is 0 Å². The van der Waals surface area contributed by atoms with E-state index >= 15 is 0 Å². The van der Waals surface area contributed by atoms with Crippen molar-refractivity contribution in [3.8, 4) is 0 Å². The van der Waals surface area contributed by atoms with Crippen LogP contribution in [0.1, 0.15) is 29.0 Å². The number of hydrogen-bond donors (Lipinski definition) is 1. The highest BCUT2D eigenvalue weighted by Gasteiger charge is 2.14. The fourth-order valence-electron chi connectivity index (χ4n) is 2.28. The molecule has 108 valence electrons. The molecule has 0 fully saturated rings. The van der Waals surface area contributed by atoms with Gasteiger partial charge < -0.3 is 0 Å². The van der Waals surface area contributed by atoms with Gasteiger partial charge in [0.15, 0.2) is 0 Å². The Morgan fingerprint density at radius 1 is 1.38 bits per heavy atom. The molecule has 0 saturated carbocycles. The number of hydrogen-bond acceptors (Lipinski definition) is 6. The van der Waals surface area contributed by atoms with Crippen molar-refractivity contribution in [1.29, 1.82) is 0 Å². The maximum atomic E-state index is 10.7. The van der Waals surface area contributed by atoms with Crippen molar-refractivity contribution in [2.75, 3.05) is 5.43 Å². The predicted octanol–water partition coefficient (Wildman–Crippen LogP) is 3.38. The molecule has 1 aromatic carbocycles. The van der Waals surface area contributed by atoms with Crippen LogP contribution in [-0.2, 0) is 12.8 Å². The Morgan fingerprint density at radius 3 is 3.05 bits per heavy atom. The van der Waals surface area contributed by atoms with Gasteiger partial charge in [0.1, 0.15) is 0 Å². The van der Waals surface area contributed by atoms with Gasteiger partial charge in [-0.3, -0.25) is 15.5 Å². The van der Waals surface area contributed by atoms with E-state index < -0.39 is 4.92 Å². The highest BCUT2D eigenvalue weighted by molar-refractivity contribution is 7.15. The number of thiazole rings is 1. The van der Waals surface area contributed by atoms with Gasteiger partial charge >= 0.3 is 0 Å². The molecule has 2 aromatic rings. The molecule has 1 aromatic heterocycles. The number of benzene rings is 1. The topological polar surface area (TPSA) is 80.4 Å². The first-order valence-electron chi connectivity index (χ1n) is 6.74. The standard InChI is InChI=1S/C14H14N4O2S/c19-18(20)11-5-3-4-10(8-11)9-15-17-14-16-12-6-1-2-7-13(12)21-14/h3-5,8-9H,1-2,6-7H2,(H,16,17)/b15-9-. The first-order valence-corrected chi connectivity index (χ1v) is 7.56. The summed E-state index contributed by atoms with van der Waals surface area (Å²) < 4.78 is 0. The van der Waals surface area contributed by atoms with E-state index in [1.807, 2.05) is 0 Å². The smallest absolute Gasteiger partial charge is 0.258 e. The van der Waals surface area contributed by atoms with Crippen LogP contribution >= 0.6 is 11.3 Å². The van der Waals surface area contributed by atoms with Gasteiger partial charge in [0.05, 0.1) is 16.8 Å². The summed E-state index contributed by atoms with van der Waals surface area (Å²) in [7, 11) is 0. The largest absolute Gasteiger partial charge is 0.270 e. The Bertz CT molecular complexity index is 673. The number of anilines is 1. The Hall–Kier alpha value is -2.28. The highest BCUT2D eigenvalue weighted by Crippen LogP contribution is 2.29. The fourth-order valence-corrected chi connectivity index (χ4v) is 3.28. The molecule has 0 atom stereocenters. The molecule has 0 spiro atoms. The van der Waals surface area contributed by atoms with E-state index in [0.29, 0.717) is 5.56 Å². The van der Waals surface area contributed by atoms with Gasteiger partial charge in [-0.25, -0.2) is 4.98 Å². The summed E-state index contributed by atoms with van der Waals surface area (Å²) >= 11 is 1.63. The monoisotopic (exact) mass is 302 g/mol. The molecule has 1 N–H and O–H groups in total. The van der Waals surface area contributed by atoms with Gasteiger partial charge in [-0.1, -0.05) is 12.1 Å². The van der Waals surface area contributed by atoms with Gasteiger partial charge in [-0.2, -0.15) is 5.10 Å². The third-order valence-corrected chi connectivity index (χ3v) is 4.36. The van der Waals surface area contributed by atoms with Crippen molar-refractivity contribution < 1.29 is 4.92 Å². The molecule has 0 saturated heterocycles. The summed E-state index contributed by atoms with van der Waals surface area (Å²) in [5.74, 6) is 0. The number of nitro benzene ring substituents is 1. The third kappa shape index (κ3) is 3.25. The second-order valence-electron chi connectivity index (χ2n) is 4.82. The van der Waals surface area contributed by atoms with Crippen LogP contribution in [0.15, 0.2) is 29.4 Å². The lowest BCUT2D eigenvalue weighted by Crippen LogP contribution is -1.99. The van der Waals surface area contributed by atoms with Crippen LogP contribution in [0.3, 0.4) is 0 Å². The lowest BCUT2D eigenvalue weighted by atomic mass is 10.0. The van der Waals surface area contributed by atoms with E-state index in [4.69, 9.17) is 0 Å². The minimum absolute atomic E-state index is 0.0589. The highest BCUT2D eigenvalue weighted by atomic mass is 32.1. The van der Waals surface area contributed by atoms with Crippen molar-refractivity contribution in [1.82, 2.24) is 4.98 Å². The minimum atomic E-state index is -0.417. The van der Waals surface area contributed by atoms with Gasteiger partial charge in [0.25, 0.3) is 5.69 Å². The molecule has 0 amide bonds. The number of non-ortho nitro benzene ring substituents is 1. The van der Waals surface area contributed by atoms with Gasteiger partial charge in [0.2, 0.25) is 5.13 Å². The summed E-state index contributed by atoms with van der Waals surface area (Å²) in [5.41, 5.74) is 4.82. The van der Waals surface area contributed by atoms with Crippen molar-refractivity contribution in [3.05, 3.63) is 50.5 Å². The maximum absolute atomic E-state index is 10.7. The second-order valence-corrected chi connectivity index (χ2v) is 5.90. The number of aromatic nitrogens is 1. The number of nitro groups is 1. The van der Waals surface area contributed by atoms with Crippen LogP contribution in [0, 0.1) is 10.1 Å². The third-order valence-electron chi connectivity index (χ3n) is 3.30. The molecule has 1 heterocycles. The second kappa shape index (κ2) is 6.01. The van der Waals surface area contributed by atoms with E-state index in [0.717, 1.165) is 18.0 Å². The molecule has 1 aliphatic rings. The summed E-state index contributed by atoms with van der Waals surface area (Å²) in [4.78, 5) is 16.1. The van der Waals surface area contributed by atoms with Crippen LogP contribution in [-0.4, -0.2) is 16.1 Å². The number of rotatable bonds is 4. The summed E-state index contributed by atoms with van der Waals surface area (Å²) in [6.45, 7) is 0. The van der Waals surface area contributed by atoms with Gasteiger partial charge in [0, 0.05) is 22.6 Å². The average molecular weight is 302 g/mol. The van der Waals surface area contributed by atoms with E-state index in [9.17, 15) is 10.1 Å². The molecule has 0 radical (unpaired) electrons. The lowest BCUT2D eigenvalue weighted by molar-refractivity contribution is -0.384. The molecular weight excluding hydrogens is 288 g/mol. The number of fused-ring (bicyclic) bond motifs is 1. The first kappa shape index (κ1) is 13.7. The SMILES string of the molecule is O=[N+]([O-])c1cccc(/C=N\Nc2nc3c(s2)CCCC3)c1. The van der Waals surface area contributed by atoms with E-state index in [-0.39, 0.29) is 5.69 Å². The molecule has 1 aliphatic carbocycles. The Balaban J connectivity index is 1.68. The Morgan fingerprint density at radius 2 is 2.24 bits per heavy atom. The molecule has 0 unspecified atom stereocenters. The molecule has 21 heavy (non-hydrogen) atoms. The number of hydrazone groups is 1. The minimum Gasteiger partial charge on any atom is -0.258 e. The van der Waals surface area contributed by atoms with E-state index in [1.54, 1.807) is 29.7 Å². The van der Waals surface area contributed by atoms with Crippen molar-refractivity contribution in [2.24, 2.45) is 5.10 Å². The lowest BCUT2D eigenvalue weighted by Gasteiger charge is -2.06. The van der Waals surface area contributed by atoms with E-state index in [1.165, 1.54) is 35.5 Å². The average Bonchev–Trinajstić information content (AvgIpc) is 2.90. The van der Waals surface area contributed by atoms with Crippen molar-refractivity contribution in [2.45, 2.75) is 25.7 Å². The predicted molar refractivity (Wildman–Crippen MR) is 83.1 cm³/mol. The van der Waals surface area contributed by atoms with E-state index in [2.05, 4.69) is 15.5 Å². The molecule has 0 bridgehead atoms. The van der Waals surface area contributed by atoms with Crippen LogP contribution in [0.25, 0.3) is 0 Å². The zero-order chi connectivity index (χ0) is 14.7. The molecule has 6 nitrogen and oxygen atoms in total. The zero-order valence-corrected chi connectivity index (χ0v) is 12.1. The Kier molecular flexibility index (Phi) is 3.92. The first-order chi connectivity index (χ1) is 10.2. The maximum Gasteiger partial charge on any atom is 0.270 e. The molecule has 7 heteroatoms. The fraction of sp³-hybridized carbons (Fsp3) is 0.286. The summed E-state index contributed by atoms with van der Waals surface area (Å²) in [6.07, 6.45) is 6.14. The number of aryl methyl sites for hydroxylation is 2. The Labute approximate surface area is 125 Å². The van der Waals surface area contributed by atoms with Crippen LogP contribution in [0.5, 0.6) is 0 Å². The van der Waals surface area contributed by atoms with Crippen molar-refractivity contribution in [3.63, 3.8) is 0 Å². The number of nitrogens with zero attached hydrogens (tertiary/aromatic N) is 3. The molecular formula is C14H14N4O2S. The summed E-state index contributed by atoms with van der Waals surface area (Å²) in [6, 6.07) is 6.35. The summed E-state index contributed by atoms with van der Waals surface area (Å²) in [5, 5.41) is 15.6. The molecule has 0 aliphatic heterocycles. The van der Waals surface area contributed by atoms with Crippen LogP contribution < -0.4 is 5.43 Å². The molecule has 3 rings (SSSR count). The quantitative estimate of drug-likeness (QED) is 0.533. The van der Waals surface area contributed by atoms with Crippen molar-refractivity contribution >= 4 is 28.4 Å². The number of nitrogens with one attached hydrogen (secondary N) is 1. The van der Waals surface area contributed by atoms with Gasteiger partial charge in [-0.15, -0.1) is 11.3 Å². The van der Waals surface area contributed by atoms with Crippen LogP contribution in [0.4, 0.5) is 10.8 Å².